The third kappa shape index (κ3) is 4.77. The zero-order chi connectivity index (χ0) is 19.3. The number of rotatable bonds is 7. The SMILES string of the molecule is CCOc1ccc(Nc2ccc(NS(=O)(=O)c3ccccc3C)cn2)cc1. The van der Waals surface area contributed by atoms with Gasteiger partial charge in [-0.15, -0.1) is 0 Å². The number of hydrogen-bond donors (Lipinski definition) is 2. The Morgan fingerprint density at radius 1 is 0.963 bits per heavy atom. The van der Waals surface area contributed by atoms with E-state index in [0.29, 0.717) is 23.7 Å². The lowest BCUT2D eigenvalue weighted by Gasteiger charge is -2.11. The van der Waals surface area contributed by atoms with Crippen molar-refractivity contribution in [1.29, 1.82) is 0 Å². The Morgan fingerprint density at radius 3 is 2.30 bits per heavy atom. The summed E-state index contributed by atoms with van der Waals surface area (Å²) >= 11 is 0. The number of hydrogen-bond acceptors (Lipinski definition) is 5. The topological polar surface area (TPSA) is 80.3 Å². The molecule has 27 heavy (non-hydrogen) atoms. The zero-order valence-electron chi connectivity index (χ0n) is 15.1. The fourth-order valence-corrected chi connectivity index (χ4v) is 3.84. The standard InChI is InChI=1S/C20H21N3O3S/c1-3-26-18-11-8-16(9-12-18)22-20-13-10-17(14-21-20)23-27(24,25)19-7-5-4-6-15(19)2/h4-14,23H,3H2,1-2H3,(H,21,22). The van der Waals surface area contributed by atoms with Gasteiger partial charge in [0.25, 0.3) is 10.0 Å². The number of pyridine rings is 1. The highest BCUT2D eigenvalue weighted by Crippen LogP contribution is 2.22. The summed E-state index contributed by atoms with van der Waals surface area (Å²) in [5.41, 5.74) is 1.95. The van der Waals surface area contributed by atoms with Crippen LogP contribution in [-0.4, -0.2) is 20.0 Å². The molecule has 0 unspecified atom stereocenters. The molecule has 7 heteroatoms. The monoisotopic (exact) mass is 383 g/mol. The van der Waals surface area contributed by atoms with Crippen LogP contribution in [-0.2, 0) is 10.0 Å². The minimum absolute atomic E-state index is 0.251. The van der Waals surface area contributed by atoms with Crippen molar-refractivity contribution in [2.24, 2.45) is 0 Å². The van der Waals surface area contributed by atoms with E-state index < -0.39 is 10.0 Å². The normalized spacial score (nSPS) is 11.0. The van der Waals surface area contributed by atoms with E-state index in [1.54, 1.807) is 43.3 Å². The summed E-state index contributed by atoms with van der Waals surface area (Å²) in [5, 5.41) is 3.16. The predicted molar refractivity (Wildman–Crippen MR) is 107 cm³/mol. The van der Waals surface area contributed by atoms with Crippen LogP contribution in [0.1, 0.15) is 12.5 Å². The van der Waals surface area contributed by atoms with Gasteiger partial charge in [-0.3, -0.25) is 4.72 Å². The maximum Gasteiger partial charge on any atom is 0.262 e. The number of nitrogens with one attached hydrogen (secondary N) is 2. The van der Waals surface area contributed by atoms with E-state index in [-0.39, 0.29) is 4.90 Å². The van der Waals surface area contributed by atoms with Crippen molar-refractivity contribution in [3.63, 3.8) is 0 Å². The van der Waals surface area contributed by atoms with Gasteiger partial charge in [-0.2, -0.15) is 0 Å². The molecule has 0 aliphatic rings. The van der Waals surface area contributed by atoms with Crippen molar-refractivity contribution in [3.05, 3.63) is 72.4 Å². The molecule has 0 aliphatic carbocycles. The molecule has 2 aromatic carbocycles. The van der Waals surface area contributed by atoms with Crippen LogP contribution in [0.15, 0.2) is 71.8 Å². The first-order valence-corrected chi connectivity index (χ1v) is 10.0. The number of aryl methyl sites for hydroxylation is 1. The lowest BCUT2D eigenvalue weighted by Crippen LogP contribution is -2.14. The molecule has 0 aliphatic heterocycles. The average Bonchev–Trinajstić information content (AvgIpc) is 2.65. The molecule has 0 saturated heterocycles. The highest BCUT2D eigenvalue weighted by atomic mass is 32.2. The molecular weight excluding hydrogens is 362 g/mol. The molecule has 3 aromatic rings. The fraction of sp³-hybridized carbons (Fsp3) is 0.150. The summed E-state index contributed by atoms with van der Waals surface area (Å²) < 4.78 is 33.0. The molecule has 0 amide bonds. The first-order chi connectivity index (χ1) is 13.0. The van der Waals surface area contributed by atoms with E-state index in [0.717, 1.165) is 11.4 Å². The number of sulfonamides is 1. The largest absolute Gasteiger partial charge is 0.494 e. The highest BCUT2D eigenvalue weighted by molar-refractivity contribution is 7.92. The van der Waals surface area contributed by atoms with Gasteiger partial charge in [0.15, 0.2) is 0 Å². The molecule has 3 rings (SSSR count). The second kappa shape index (κ2) is 8.09. The highest BCUT2D eigenvalue weighted by Gasteiger charge is 2.16. The van der Waals surface area contributed by atoms with Gasteiger partial charge in [-0.25, -0.2) is 13.4 Å². The van der Waals surface area contributed by atoms with E-state index in [1.165, 1.54) is 6.20 Å². The van der Waals surface area contributed by atoms with E-state index in [2.05, 4.69) is 15.0 Å². The zero-order valence-corrected chi connectivity index (χ0v) is 16.0. The van der Waals surface area contributed by atoms with Crippen molar-refractivity contribution >= 4 is 27.2 Å². The van der Waals surface area contributed by atoms with Gasteiger partial charge in [0.2, 0.25) is 0 Å². The molecule has 6 nitrogen and oxygen atoms in total. The Kier molecular flexibility index (Phi) is 5.61. The molecule has 0 spiro atoms. The summed E-state index contributed by atoms with van der Waals surface area (Å²) in [7, 11) is -3.65. The minimum atomic E-state index is -3.65. The van der Waals surface area contributed by atoms with Crippen LogP contribution in [0.3, 0.4) is 0 Å². The summed E-state index contributed by atoms with van der Waals surface area (Å²) in [4.78, 5) is 4.52. The van der Waals surface area contributed by atoms with Gasteiger partial charge < -0.3 is 10.1 Å². The molecule has 0 fully saturated rings. The van der Waals surface area contributed by atoms with Crippen LogP contribution in [0.5, 0.6) is 5.75 Å². The Morgan fingerprint density at radius 2 is 1.67 bits per heavy atom. The Hall–Kier alpha value is -3.06. The average molecular weight is 383 g/mol. The minimum Gasteiger partial charge on any atom is -0.494 e. The smallest absolute Gasteiger partial charge is 0.262 e. The lowest BCUT2D eigenvalue weighted by atomic mass is 10.2. The quantitative estimate of drug-likeness (QED) is 0.635. The van der Waals surface area contributed by atoms with Gasteiger partial charge in [0, 0.05) is 5.69 Å². The van der Waals surface area contributed by atoms with Gasteiger partial charge in [-0.05, 0) is 61.9 Å². The fourth-order valence-electron chi connectivity index (χ4n) is 2.55. The number of anilines is 3. The summed E-state index contributed by atoms with van der Waals surface area (Å²) in [5.74, 6) is 1.41. The number of benzene rings is 2. The van der Waals surface area contributed by atoms with Crippen LogP contribution >= 0.6 is 0 Å². The maximum absolute atomic E-state index is 12.5. The first-order valence-electron chi connectivity index (χ1n) is 8.52. The lowest BCUT2D eigenvalue weighted by molar-refractivity contribution is 0.340. The second-order valence-corrected chi connectivity index (χ2v) is 7.54. The molecule has 2 N–H and O–H groups in total. The van der Waals surface area contributed by atoms with Gasteiger partial charge in [0.05, 0.1) is 23.4 Å². The van der Waals surface area contributed by atoms with Crippen LogP contribution in [0.25, 0.3) is 0 Å². The van der Waals surface area contributed by atoms with Crippen molar-refractivity contribution < 1.29 is 13.2 Å². The molecule has 0 radical (unpaired) electrons. The molecule has 0 saturated carbocycles. The molecule has 1 heterocycles. The molecule has 1 aromatic heterocycles. The summed E-state index contributed by atoms with van der Waals surface area (Å²) in [6.45, 7) is 4.32. The third-order valence-electron chi connectivity index (χ3n) is 3.84. The molecule has 0 bridgehead atoms. The molecular formula is C20H21N3O3S. The third-order valence-corrected chi connectivity index (χ3v) is 5.38. The number of nitrogens with zero attached hydrogens (tertiary/aromatic N) is 1. The van der Waals surface area contributed by atoms with Gasteiger partial charge in [0.1, 0.15) is 11.6 Å². The number of aromatic nitrogens is 1. The van der Waals surface area contributed by atoms with E-state index in [9.17, 15) is 8.42 Å². The van der Waals surface area contributed by atoms with Gasteiger partial charge in [-0.1, -0.05) is 18.2 Å². The van der Waals surface area contributed by atoms with Crippen molar-refractivity contribution in [3.8, 4) is 5.75 Å². The Balaban J connectivity index is 1.69. The van der Waals surface area contributed by atoms with E-state index >= 15 is 0 Å². The Labute approximate surface area is 159 Å². The van der Waals surface area contributed by atoms with Crippen molar-refractivity contribution in [2.75, 3.05) is 16.6 Å². The maximum atomic E-state index is 12.5. The number of ether oxygens (including phenoxy) is 1. The van der Waals surface area contributed by atoms with Crippen LogP contribution in [0.2, 0.25) is 0 Å². The van der Waals surface area contributed by atoms with Crippen LogP contribution in [0.4, 0.5) is 17.2 Å². The van der Waals surface area contributed by atoms with Gasteiger partial charge >= 0.3 is 0 Å². The van der Waals surface area contributed by atoms with Crippen LogP contribution < -0.4 is 14.8 Å². The van der Waals surface area contributed by atoms with Crippen LogP contribution in [0, 0.1) is 6.92 Å². The summed E-state index contributed by atoms with van der Waals surface area (Å²) in [6, 6.07) is 17.7. The van der Waals surface area contributed by atoms with Crippen molar-refractivity contribution in [2.45, 2.75) is 18.7 Å². The molecule has 0 atom stereocenters. The molecule has 140 valence electrons. The van der Waals surface area contributed by atoms with E-state index in [1.807, 2.05) is 31.2 Å². The second-order valence-electron chi connectivity index (χ2n) is 5.89. The Bertz CT molecular complexity index is 1000. The summed E-state index contributed by atoms with van der Waals surface area (Å²) in [6.07, 6.45) is 1.48. The first kappa shape index (κ1) is 18.7. The van der Waals surface area contributed by atoms with Crippen molar-refractivity contribution in [1.82, 2.24) is 4.98 Å². The predicted octanol–water partition coefficient (Wildman–Crippen LogP) is 4.33. The van der Waals surface area contributed by atoms with E-state index in [4.69, 9.17) is 4.74 Å².